The van der Waals surface area contributed by atoms with Gasteiger partial charge in [-0.15, -0.1) is 0 Å². The Balaban J connectivity index is 2.37. The van der Waals surface area contributed by atoms with Crippen molar-refractivity contribution in [3.05, 3.63) is 0 Å². The van der Waals surface area contributed by atoms with Crippen molar-refractivity contribution in [2.45, 2.75) is 76.8 Å². The average molecular weight is 240 g/mol. The molecule has 1 atom stereocenters. The molecule has 1 amide bonds. The fourth-order valence-electron chi connectivity index (χ4n) is 2.55. The van der Waals surface area contributed by atoms with E-state index in [1.165, 1.54) is 44.9 Å². The summed E-state index contributed by atoms with van der Waals surface area (Å²) in [7, 11) is 1.97. The van der Waals surface area contributed by atoms with E-state index in [0.717, 1.165) is 6.42 Å². The maximum absolute atomic E-state index is 12.0. The summed E-state index contributed by atoms with van der Waals surface area (Å²) in [6.07, 6.45) is 10.3. The summed E-state index contributed by atoms with van der Waals surface area (Å²) in [4.78, 5) is 14.0. The Morgan fingerprint density at radius 1 is 1.24 bits per heavy atom. The lowest BCUT2D eigenvalue weighted by Crippen LogP contribution is -2.38. The predicted octanol–water partition coefficient (Wildman–Crippen LogP) is 2.69. The average Bonchev–Trinajstić information content (AvgIpc) is 2.24. The van der Waals surface area contributed by atoms with E-state index in [1.807, 2.05) is 18.9 Å². The highest BCUT2D eigenvalue weighted by molar-refractivity contribution is 5.76. The fourth-order valence-corrected chi connectivity index (χ4v) is 2.55. The highest BCUT2D eigenvalue weighted by Gasteiger charge is 2.20. The van der Waals surface area contributed by atoms with Crippen LogP contribution >= 0.6 is 0 Å². The third-order valence-electron chi connectivity index (χ3n) is 3.83. The second kappa shape index (κ2) is 7.70. The summed E-state index contributed by atoms with van der Waals surface area (Å²) < 4.78 is 0. The van der Waals surface area contributed by atoms with E-state index >= 15 is 0 Å². The largest absolute Gasteiger partial charge is 0.343 e. The van der Waals surface area contributed by atoms with E-state index in [9.17, 15) is 4.79 Å². The minimum Gasteiger partial charge on any atom is -0.343 e. The molecule has 2 N–H and O–H groups in total. The van der Waals surface area contributed by atoms with Gasteiger partial charge < -0.3 is 10.6 Å². The van der Waals surface area contributed by atoms with Crippen LogP contribution in [0.4, 0.5) is 0 Å². The van der Waals surface area contributed by atoms with Crippen LogP contribution in [0.15, 0.2) is 0 Å². The number of rotatable bonds is 4. The Kier molecular flexibility index (Phi) is 6.56. The molecule has 3 heteroatoms. The third-order valence-corrected chi connectivity index (χ3v) is 3.83. The van der Waals surface area contributed by atoms with Gasteiger partial charge in [-0.3, -0.25) is 4.79 Å². The molecule has 0 bridgehead atoms. The molecule has 100 valence electrons. The van der Waals surface area contributed by atoms with Crippen LogP contribution in [0.5, 0.6) is 0 Å². The smallest absolute Gasteiger partial charge is 0.222 e. The topological polar surface area (TPSA) is 46.3 Å². The molecule has 1 unspecified atom stereocenters. The molecule has 1 saturated carbocycles. The van der Waals surface area contributed by atoms with E-state index in [0.29, 0.717) is 12.5 Å². The quantitative estimate of drug-likeness (QED) is 0.821. The molecule has 0 heterocycles. The van der Waals surface area contributed by atoms with Gasteiger partial charge in [0.2, 0.25) is 5.91 Å². The van der Waals surface area contributed by atoms with Crippen molar-refractivity contribution < 1.29 is 4.79 Å². The summed E-state index contributed by atoms with van der Waals surface area (Å²) in [5.74, 6) is 0.271. The van der Waals surface area contributed by atoms with Crippen molar-refractivity contribution in [2.75, 3.05) is 7.05 Å². The summed E-state index contributed by atoms with van der Waals surface area (Å²) in [5, 5.41) is 0. The zero-order valence-electron chi connectivity index (χ0n) is 11.5. The monoisotopic (exact) mass is 240 g/mol. The minimum atomic E-state index is 0.129. The Bertz CT molecular complexity index is 220. The third kappa shape index (κ3) is 5.53. The maximum Gasteiger partial charge on any atom is 0.222 e. The molecule has 17 heavy (non-hydrogen) atoms. The van der Waals surface area contributed by atoms with E-state index < -0.39 is 0 Å². The van der Waals surface area contributed by atoms with Gasteiger partial charge in [0.25, 0.3) is 0 Å². The fraction of sp³-hybridized carbons (Fsp3) is 0.929. The number of hydrogen-bond acceptors (Lipinski definition) is 2. The molecule has 0 saturated heterocycles. The number of amides is 1. The lowest BCUT2D eigenvalue weighted by Gasteiger charge is -2.30. The van der Waals surface area contributed by atoms with Gasteiger partial charge in [-0.25, -0.2) is 0 Å². The van der Waals surface area contributed by atoms with Crippen LogP contribution in [0, 0.1) is 0 Å². The maximum atomic E-state index is 12.0. The first-order chi connectivity index (χ1) is 8.11. The molecule has 3 nitrogen and oxygen atoms in total. The zero-order chi connectivity index (χ0) is 12.7. The lowest BCUT2D eigenvalue weighted by atomic mass is 9.95. The van der Waals surface area contributed by atoms with Gasteiger partial charge in [0, 0.05) is 25.6 Å². The summed E-state index contributed by atoms with van der Waals surface area (Å²) in [6.45, 7) is 1.96. The van der Waals surface area contributed by atoms with Crippen molar-refractivity contribution in [1.29, 1.82) is 0 Å². The van der Waals surface area contributed by atoms with Crippen molar-refractivity contribution in [3.63, 3.8) is 0 Å². The SMILES string of the molecule is CC(N)CCC(=O)N(C)C1CCCCCCC1. The van der Waals surface area contributed by atoms with Crippen molar-refractivity contribution >= 4 is 5.91 Å². The predicted molar refractivity (Wildman–Crippen MR) is 71.8 cm³/mol. The van der Waals surface area contributed by atoms with Gasteiger partial charge >= 0.3 is 0 Å². The second-order valence-electron chi connectivity index (χ2n) is 5.52. The van der Waals surface area contributed by atoms with Gasteiger partial charge in [-0.1, -0.05) is 32.1 Å². The highest BCUT2D eigenvalue weighted by atomic mass is 16.2. The first kappa shape index (κ1) is 14.5. The number of carbonyl (C=O) groups excluding carboxylic acids is 1. The molecule has 0 radical (unpaired) electrons. The lowest BCUT2D eigenvalue weighted by molar-refractivity contribution is -0.132. The normalized spacial score (nSPS) is 20.4. The van der Waals surface area contributed by atoms with Crippen molar-refractivity contribution in [2.24, 2.45) is 5.73 Å². The first-order valence-corrected chi connectivity index (χ1v) is 7.12. The summed E-state index contributed by atoms with van der Waals surface area (Å²) >= 11 is 0. The molecule has 0 spiro atoms. The van der Waals surface area contributed by atoms with Crippen molar-refractivity contribution in [1.82, 2.24) is 4.90 Å². The molecular formula is C14H28N2O. The van der Waals surface area contributed by atoms with Gasteiger partial charge in [-0.05, 0) is 26.2 Å². The molecule has 0 aromatic carbocycles. The van der Waals surface area contributed by atoms with Crippen LogP contribution in [0.1, 0.15) is 64.7 Å². The van der Waals surface area contributed by atoms with Gasteiger partial charge in [0.05, 0.1) is 0 Å². The minimum absolute atomic E-state index is 0.129. The standard InChI is InChI=1S/C14H28N2O/c1-12(15)10-11-14(17)16(2)13-8-6-4-3-5-7-9-13/h12-13H,3-11,15H2,1-2H3. The Morgan fingerprint density at radius 3 is 2.29 bits per heavy atom. The number of nitrogens with two attached hydrogens (primary N) is 1. The van der Waals surface area contributed by atoms with Crippen LogP contribution in [0.3, 0.4) is 0 Å². The highest BCUT2D eigenvalue weighted by Crippen LogP contribution is 2.21. The number of hydrogen-bond donors (Lipinski definition) is 1. The Hall–Kier alpha value is -0.570. The van der Waals surface area contributed by atoms with Gasteiger partial charge in [-0.2, -0.15) is 0 Å². The summed E-state index contributed by atoms with van der Waals surface area (Å²) in [5.41, 5.74) is 5.69. The van der Waals surface area contributed by atoms with Gasteiger partial charge in [0.15, 0.2) is 0 Å². The van der Waals surface area contributed by atoms with Crippen LogP contribution in [0.2, 0.25) is 0 Å². The van der Waals surface area contributed by atoms with Crippen molar-refractivity contribution in [3.8, 4) is 0 Å². The molecule has 1 fully saturated rings. The van der Waals surface area contributed by atoms with Gasteiger partial charge in [0.1, 0.15) is 0 Å². The number of carbonyl (C=O) groups is 1. The molecule has 1 aliphatic rings. The van der Waals surface area contributed by atoms with E-state index in [-0.39, 0.29) is 11.9 Å². The van der Waals surface area contributed by atoms with E-state index in [4.69, 9.17) is 5.73 Å². The van der Waals surface area contributed by atoms with Crippen LogP contribution < -0.4 is 5.73 Å². The molecular weight excluding hydrogens is 212 g/mol. The van der Waals surface area contributed by atoms with Crippen LogP contribution in [-0.2, 0) is 4.79 Å². The molecule has 0 aromatic rings. The molecule has 1 rings (SSSR count). The number of nitrogens with zero attached hydrogens (tertiary/aromatic N) is 1. The van der Waals surface area contributed by atoms with E-state index in [2.05, 4.69) is 0 Å². The Morgan fingerprint density at radius 2 is 1.76 bits per heavy atom. The second-order valence-corrected chi connectivity index (χ2v) is 5.52. The van der Waals surface area contributed by atoms with Crippen LogP contribution in [-0.4, -0.2) is 29.9 Å². The van der Waals surface area contributed by atoms with E-state index in [1.54, 1.807) is 0 Å². The van der Waals surface area contributed by atoms with Crippen LogP contribution in [0.25, 0.3) is 0 Å². The first-order valence-electron chi connectivity index (χ1n) is 7.12. The molecule has 1 aliphatic carbocycles. The Labute approximate surface area is 106 Å². The molecule has 0 aliphatic heterocycles. The molecule has 0 aromatic heterocycles. The zero-order valence-corrected chi connectivity index (χ0v) is 11.5. The summed E-state index contributed by atoms with van der Waals surface area (Å²) in [6, 6.07) is 0.598.